The molecule has 3 N–H and O–H groups in total. The predicted molar refractivity (Wildman–Crippen MR) is 56.7 cm³/mol. The quantitative estimate of drug-likeness (QED) is 0.812. The summed E-state index contributed by atoms with van der Waals surface area (Å²) in [5.41, 5.74) is 5.38. The lowest BCUT2D eigenvalue weighted by molar-refractivity contribution is 0.0930. The van der Waals surface area contributed by atoms with Crippen LogP contribution in [0.2, 0.25) is 0 Å². The molecule has 2 aromatic rings. The van der Waals surface area contributed by atoms with Crippen LogP contribution in [0.25, 0.3) is 0 Å². The van der Waals surface area contributed by atoms with Crippen molar-refractivity contribution in [3.05, 3.63) is 22.3 Å². The Morgan fingerprint density at radius 2 is 2.44 bits per heavy atom. The number of hydrogen-bond acceptors (Lipinski definition) is 7. The van der Waals surface area contributed by atoms with Gasteiger partial charge in [0.2, 0.25) is 11.5 Å². The van der Waals surface area contributed by atoms with E-state index < -0.39 is 5.91 Å². The van der Waals surface area contributed by atoms with Crippen molar-refractivity contribution in [1.82, 2.24) is 20.6 Å². The lowest BCUT2D eigenvalue weighted by atomic mass is 10.3. The monoisotopic (exact) mass is 239 g/mol. The molecule has 2 heterocycles. The first kappa shape index (κ1) is 10.6. The molecule has 0 radical (unpaired) electrons. The van der Waals surface area contributed by atoms with Crippen LogP contribution in [-0.2, 0) is 0 Å². The highest BCUT2D eigenvalue weighted by molar-refractivity contribution is 7.09. The number of carbonyl (C=O) groups is 1. The highest BCUT2D eigenvalue weighted by atomic mass is 32.1. The van der Waals surface area contributed by atoms with Gasteiger partial charge in [0, 0.05) is 11.6 Å². The molecule has 2 rings (SSSR count). The Hall–Kier alpha value is -1.96. The van der Waals surface area contributed by atoms with Gasteiger partial charge in [0.15, 0.2) is 0 Å². The molecular weight excluding hydrogens is 230 g/mol. The van der Waals surface area contributed by atoms with Gasteiger partial charge in [-0.2, -0.15) is 0 Å². The second-order valence-electron chi connectivity index (χ2n) is 3.06. The largest absolute Gasteiger partial charge is 0.379 e. The van der Waals surface area contributed by atoms with Crippen LogP contribution in [0.4, 0.5) is 5.82 Å². The molecule has 1 atom stereocenters. The SMILES string of the molecule is CC(NC(=O)c1nonc1N)c1nccs1. The topological polar surface area (TPSA) is 107 Å². The Bertz CT molecular complexity index is 480. The van der Waals surface area contributed by atoms with Gasteiger partial charge < -0.3 is 11.1 Å². The summed E-state index contributed by atoms with van der Waals surface area (Å²) in [6.45, 7) is 1.82. The van der Waals surface area contributed by atoms with Crippen molar-refractivity contribution in [2.75, 3.05) is 5.73 Å². The lowest BCUT2D eigenvalue weighted by Gasteiger charge is -2.09. The van der Waals surface area contributed by atoms with Crippen molar-refractivity contribution >= 4 is 23.1 Å². The van der Waals surface area contributed by atoms with Crippen molar-refractivity contribution in [3.63, 3.8) is 0 Å². The van der Waals surface area contributed by atoms with Gasteiger partial charge in [-0.15, -0.1) is 11.3 Å². The molecule has 1 unspecified atom stereocenters. The van der Waals surface area contributed by atoms with Crippen LogP contribution in [0.15, 0.2) is 16.2 Å². The van der Waals surface area contributed by atoms with E-state index in [1.165, 1.54) is 11.3 Å². The van der Waals surface area contributed by atoms with E-state index in [0.29, 0.717) is 0 Å². The maximum Gasteiger partial charge on any atom is 0.278 e. The number of anilines is 1. The minimum Gasteiger partial charge on any atom is -0.379 e. The fraction of sp³-hybridized carbons (Fsp3) is 0.250. The molecule has 0 aliphatic rings. The van der Waals surface area contributed by atoms with Crippen molar-refractivity contribution in [3.8, 4) is 0 Å². The van der Waals surface area contributed by atoms with Crippen LogP contribution in [0.1, 0.15) is 28.5 Å². The minimum absolute atomic E-state index is 0.0107. The fourth-order valence-electron chi connectivity index (χ4n) is 1.13. The Balaban J connectivity index is 2.06. The number of aromatic nitrogens is 3. The highest BCUT2D eigenvalue weighted by Gasteiger charge is 2.19. The zero-order chi connectivity index (χ0) is 11.5. The van der Waals surface area contributed by atoms with E-state index >= 15 is 0 Å². The number of nitrogen functional groups attached to an aromatic ring is 1. The van der Waals surface area contributed by atoms with Crippen LogP contribution in [0.5, 0.6) is 0 Å². The first-order valence-corrected chi connectivity index (χ1v) is 5.34. The maximum atomic E-state index is 11.7. The molecule has 0 aliphatic heterocycles. The summed E-state index contributed by atoms with van der Waals surface area (Å²) >= 11 is 1.46. The molecule has 2 aromatic heterocycles. The normalized spacial score (nSPS) is 12.3. The molecular formula is C8H9N5O2S. The number of nitrogens with zero attached hydrogens (tertiary/aromatic N) is 3. The van der Waals surface area contributed by atoms with Crippen LogP contribution in [0, 0.1) is 0 Å². The molecule has 0 saturated heterocycles. The smallest absolute Gasteiger partial charge is 0.278 e. The summed E-state index contributed by atoms with van der Waals surface area (Å²) in [6, 6.07) is -0.205. The number of hydrogen-bond donors (Lipinski definition) is 2. The number of nitrogens with one attached hydrogen (secondary N) is 1. The molecule has 16 heavy (non-hydrogen) atoms. The Labute approximate surface area is 94.6 Å². The van der Waals surface area contributed by atoms with Crippen molar-refractivity contribution in [2.24, 2.45) is 0 Å². The Morgan fingerprint density at radius 1 is 1.62 bits per heavy atom. The van der Waals surface area contributed by atoms with E-state index in [1.54, 1.807) is 6.20 Å². The lowest BCUT2D eigenvalue weighted by Crippen LogP contribution is -2.27. The van der Waals surface area contributed by atoms with E-state index in [-0.39, 0.29) is 17.6 Å². The van der Waals surface area contributed by atoms with Crippen molar-refractivity contribution in [2.45, 2.75) is 13.0 Å². The standard InChI is InChI=1S/C8H9N5O2S/c1-4(8-10-2-3-16-8)11-7(14)5-6(9)13-15-12-5/h2-4H,1H3,(H2,9,13)(H,11,14). The number of amides is 1. The van der Waals surface area contributed by atoms with Gasteiger partial charge in [-0.3, -0.25) is 4.79 Å². The fourth-order valence-corrected chi connectivity index (χ4v) is 1.77. The van der Waals surface area contributed by atoms with Gasteiger partial charge in [-0.05, 0) is 17.2 Å². The van der Waals surface area contributed by atoms with Crippen LogP contribution in [-0.4, -0.2) is 21.2 Å². The summed E-state index contributed by atoms with van der Waals surface area (Å²) in [6.07, 6.45) is 1.68. The zero-order valence-corrected chi connectivity index (χ0v) is 9.19. The van der Waals surface area contributed by atoms with E-state index in [4.69, 9.17) is 5.73 Å². The van der Waals surface area contributed by atoms with E-state index in [2.05, 4.69) is 25.2 Å². The molecule has 0 fully saturated rings. The second kappa shape index (κ2) is 4.27. The van der Waals surface area contributed by atoms with Gasteiger partial charge in [0.25, 0.3) is 5.91 Å². The summed E-state index contributed by atoms with van der Waals surface area (Å²) in [5, 5.41) is 12.1. The van der Waals surface area contributed by atoms with Gasteiger partial charge in [0.05, 0.1) is 6.04 Å². The molecule has 1 amide bonds. The summed E-state index contributed by atoms with van der Waals surface area (Å²) in [7, 11) is 0. The zero-order valence-electron chi connectivity index (χ0n) is 8.38. The molecule has 0 saturated carbocycles. The van der Waals surface area contributed by atoms with Crippen molar-refractivity contribution in [1.29, 1.82) is 0 Å². The number of carbonyl (C=O) groups excluding carboxylic acids is 1. The van der Waals surface area contributed by atoms with Crippen LogP contribution in [0.3, 0.4) is 0 Å². The summed E-state index contributed by atoms with van der Waals surface area (Å²) < 4.78 is 4.34. The van der Waals surface area contributed by atoms with E-state index in [9.17, 15) is 4.79 Å². The van der Waals surface area contributed by atoms with Gasteiger partial charge in [-0.25, -0.2) is 9.61 Å². The third-order valence-corrected chi connectivity index (χ3v) is 2.86. The van der Waals surface area contributed by atoms with Crippen LogP contribution < -0.4 is 11.1 Å². The van der Waals surface area contributed by atoms with E-state index in [1.807, 2.05) is 12.3 Å². The number of rotatable bonds is 3. The third-order valence-electron chi connectivity index (χ3n) is 1.90. The first-order valence-electron chi connectivity index (χ1n) is 4.46. The molecule has 84 valence electrons. The molecule has 8 heteroatoms. The Morgan fingerprint density at radius 3 is 3.00 bits per heavy atom. The number of thiazole rings is 1. The minimum atomic E-state index is -0.429. The molecule has 0 aromatic carbocycles. The molecule has 0 aliphatic carbocycles. The average molecular weight is 239 g/mol. The third kappa shape index (κ3) is 2.01. The first-order chi connectivity index (χ1) is 7.68. The van der Waals surface area contributed by atoms with Crippen molar-refractivity contribution < 1.29 is 9.42 Å². The Kier molecular flexibility index (Phi) is 2.82. The summed E-state index contributed by atoms with van der Waals surface area (Å²) in [5.74, 6) is -0.453. The van der Waals surface area contributed by atoms with Gasteiger partial charge in [-0.1, -0.05) is 0 Å². The second-order valence-corrected chi connectivity index (χ2v) is 3.99. The molecule has 0 bridgehead atoms. The summed E-state index contributed by atoms with van der Waals surface area (Å²) in [4.78, 5) is 15.7. The molecule has 0 spiro atoms. The maximum absolute atomic E-state index is 11.7. The van der Waals surface area contributed by atoms with E-state index in [0.717, 1.165) is 5.01 Å². The van der Waals surface area contributed by atoms with Gasteiger partial charge in [0.1, 0.15) is 5.01 Å². The highest BCUT2D eigenvalue weighted by Crippen LogP contribution is 2.15. The van der Waals surface area contributed by atoms with Crippen LogP contribution >= 0.6 is 11.3 Å². The van der Waals surface area contributed by atoms with Gasteiger partial charge >= 0.3 is 0 Å². The predicted octanol–water partition coefficient (Wildman–Crippen LogP) is 0.599. The average Bonchev–Trinajstić information content (AvgIpc) is 2.86. The number of nitrogens with two attached hydrogens (primary N) is 1. The molecule has 7 nitrogen and oxygen atoms in total.